The van der Waals surface area contributed by atoms with Crippen LogP contribution < -0.4 is 10.1 Å². The van der Waals surface area contributed by atoms with Gasteiger partial charge in [-0.1, -0.05) is 31.9 Å². The maximum Gasteiger partial charge on any atom is 0.119 e. The molecule has 2 heteroatoms. The molecule has 1 N–H and O–H groups in total. The molecule has 100 valence electrons. The van der Waals surface area contributed by atoms with Crippen LogP contribution in [0.15, 0.2) is 24.3 Å². The fraction of sp³-hybridized carbons (Fsp3) is 0.625. The third-order valence-corrected chi connectivity index (χ3v) is 3.98. The Balaban J connectivity index is 1.77. The van der Waals surface area contributed by atoms with Crippen molar-refractivity contribution in [3.63, 3.8) is 0 Å². The number of benzene rings is 1. The Morgan fingerprint density at radius 2 is 2.22 bits per heavy atom. The van der Waals surface area contributed by atoms with E-state index in [0.29, 0.717) is 0 Å². The van der Waals surface area contributed by atoms with Crippen LogP contribution in [0.2, 0.25) is 0 Å². The zero-order valence-corrected chi connectivity index (χ0v) is 11.6. The van der Waals surface area contributed by atoms with Crippen molar-refractivity contribution in [1.82, 2.24) is 5.32 Å². The Bertz CT molecular complexity index is 364. The van der Waals surface area contributed by atoms with Gasteiger partial charge in [0.05, 0.1) is 6.61 Å². The average molecular weight is 247 g/mol. The molecule has 1 aromatic carbocycles. The van der Waals surface area contributed by atoms with Gasteiger partial charge in [-0.2, -0.15) is 0 Å². The molecule has 1 saturated carbocycles. The molecule has 18 heavy (non-hydrogen) atoms. The second kappa shape index (κ2) is 6.79. The maximum atomic E-state index is 5.52. The molecule has 0 amide bonds. The van der Waals surface area contributed by atoms with E-state index in [1.165, 1.54) is 24.8 Å². The van der Waals surface area contributed by atoms with Gasteiger partial charge in [0.25, 0.3) is 0 Å². The fourth-order valence-corrected chi connectivity index (χ4v) is 2.84. The van der Waals surface area contributed by atoms with E-state index in [4.69, 9.17) is 4.74 Å². The van der Waals surface area contributed by atoms with Crippen molar-refractivity contribution in [1.29, 1.82) is 0 Å². The molecule has 1 aliphatic rings. The summed E-state index contributed by atoms with van der Waals surface area (Å²) in [6.07, 6.45) is 4.21. The summed E-state index contributed by atoms with van der Waals surface area (Å²) >= 11 is 0. The molecule has 0 aliphatic heterocycles. The highest BCUT2D eigenvalue weighted by Crippen LogP contribution is 2.30. The fourth-order valence-electron chi connectivity index (χ4n) is 2.84. The van der Waals surface area contributed by atoms with E-state index < -0.39 is 0 Å². The van der Waals surface area contributed by atoms with Crippen LogP contribution in [-0.2, 0) is 6.54 Å². The first-order chi connectivity index (χ1) is 8.79. The SMILES string of the molecule is CCOc1cccc(CNCC2CCCC2C)c1. The molecule has 0 radical (unpaired) electrons. The van der Waals surface area contributed by atoms with Gasteiger partial charge in [0.1, 0.15) is 5.75 Å². The van der Waals surface area contributed by atoms with Gasteiger partial charge in [0, 0.05) is 6.54 Å². The minimum absolute atomic E-state index is 0.733. The molecule has 0 bridgehead atoms. The van der Waals surface area contributed by atoms with Crippen LogP contribution in [0, 0.1) is 11.8 Å². The summed E-state index contributed by atoms with van der Waals surface area (Å²) in [7, 11) is 0. The third-order valence-electron chi connectivity index (χ3n) is 3.98. The Hall–Kier alpha value is -1.02. The lowest BCUT2D eigenvalue weighted by molar-refractivity contribution is 0.339. The van der Waals surface area contributed by atoms with Gasteiger partial charge >= 0.3 is 0 Å². The Labute approximate surface area is 111 Å². The van der Waals surface area contributed by atoms with Gasteiger partial charge in [-0.05, 0) is 49.4 Å². The molecular weight excluding hydrogens is 222 g/mol. The van der Waals surface area contributed by atoms with Gasteiger partial charge in [0.2, 0.25) is 0 Å². The summed E-state index contributed by atoms with van der Waals surface area (Å²) in [6.45, 7) is 7.24. The molecule has 0 saturated heterocycles. The topological polar surface area (TPSA) is 21.3 Å². The maximum absolute atomic E-state index is 5.52. The van der Waals surface area contributed by atoms with Crippen LogP contribution >= 0.6 is 0 Å². The summed E-state index contributed by atoms with van der Waals surface area (Å²) < 4.78 is 5.52. The molecule has 1 aliphatic carbocycles. The number of hydrogen-bond donors (Lipinski definition) is 1. The zero-order valence-electron chi connectivity index (χ0n) is 11.6. The number of hydrogen-bond acceptors (Lipinski definition) is 2. The van der Waals surface area contributed by atoms with Crippen molar-refractivity contribution < 1.29 is 4.74 Å². The number of ether oxygens (including phenoxy) is 1. The predicted octanol–water partition coefficient (Wildman–Crippen LogP) is 3.61. The second-order valence-corrected chi connectivity index (χ2v) is 5.38. The highest BCUT2D eigenvalue weighted by Gasteiger charge is 2.22. The van der Waals surface area contributed by atoms with E-state index in [2.05, 4.69) is 30.4 Å². The zero-order chi connectivity index (χ0) is 12.8. The lowest BCUT2D eigenvalue weighted by Gasteiger charge is -2.16. The first kappa shape index (κ1) is 13.4. The second-order valence-electron chi connectivity index (χ2n) is 5.38. The van der Waals surface area contributed by atoms with Crippen LogP contribution in [0.1, 0.15) is 38.7 Å². The highest BCUT2D eigenvalue weighted by atomic mass is 16.5. The third kappa shape index (κ3) is 3.74. The molecule has 0 spiro atoms. The van der Waals surface area contributed by atoms with Gasteiger partial charge in [-0.3, -0.25) is 0 Å². The van der Waals surface area contributed by atoms with Crippen LogP contribution in [0.5, 0.6) is 5.75 Å². The Morgan fingerprint density at radius 3 is 2.94 bits per heavy atom. The summed E-state index contributed by atoms with van der Waals surface area (Å²) in [5.74, 6) is 2.75. The normalized spacial score (nSPS) is 23.2. The van der Waals surface area contributed by atoms with Gasteiger partial charge in [0.15, 0.2) is 0 Å². The lowest BCUT2D eigenvalue weighted by Crippen LogP contribution is -2.23. The summed E-state index contributed by atoms with van der Waals surface area (Å²) in [6, 6.07) is 8.38. The average Bonchev–Trinajstić information content (AvgIpc) is 2.76. The van der Waals surface area contributed by atoms with E-state index in [0.717, 1.165) is 37.3 Å². The first-order valence-electron chi connectivity index (χ1n) is 7.22. The van der Waals surface area contributed by atoms with Gasteiger partial charge in [-0.25, -0.2) is 0 Å². The van der Waals surface area contributed by atoms with Crippen molar-refractivity contribution in [3.8, 4) is 5.75 Å². The molecular formula is C16H25NO. The lowest BCUT2D eigenvalue weighted by atomic mass is 9.98. The molecule has 2 atom stereocenters. The standard InChI is InChI=1S/C16H25NO/c1-3-18-16-9-5-7-14(10-16)11-17-12-15-8-4-6-13(15)2/h5,7,9-10,13,15,17H,3-4,6,8,11-12H2,1-2H3. The van der Waals surface area contributed by atoms with Crippen molar-refractivity contribution >= 4 is 0 Å². The summed E-state index contributed by atoms with van der Waals surface area (Å²) in [5.41, 5.74) is 1.31. The molecule has 0 aromatic heterocycles. The highest BCUT2D eigenvalue weighted by molar-refractivity contribution is 5.28. The molecule has 1 fully saturated rings. The van der Waals surface area contributed by atoms with Gasteiger partial charge < -0.3 is 10.1 Å². The minimum Gasteiger partial charge on any atom is -0.494 e. The smallest absolute Gasteiger partial charge is 0.119 e. The van der Waals surface area contributed by atoms with Crippen molar-refractivity contribution in [2.24, 2.45) is 11.8 Å². The van der Waals surface area contributed by atoms with E-state index >= 15 is 0 Å². The van der Waals surface area contributed by atoms with Crippen LogP contribution in [0.4, 0.5) is 0 Å². The Kier molecular flexibility index (Phi) is 5.06. The largest absolute Gasteiger partial charge is 0.494 e. The first-order valence-corrected chi connectivity index (χ1v) is 7.22. The Morgan fingerprint density at radius 1 is 1.33 bits per heavy atom. The van der Waals surface area contributed by atoms with Gasteiger partial charge in [-0.15, -0.1) is 0 Å². The molecule has 2 nitrogen and oxygen atoms in total. The summed E-state index contributed by atoms with van der Waals surface area (Å²) in [5, 5.41) is 3.59. The number of rotatable bonds is 6. The predicted molar refractivity (Wildman–Crippen MR) is 75.8 cm³/mol. The molecule has 2 rings (SSSR count). The van der Waals surface area contributed by atoms with Crippen molar-refractivity contribution in [2.45, 2.75) is 39.7 Å². The summed E-state index contributed by atoms with van der Waals surface area (Å²) in [4.78, 5) is 0. The minimum atomic E-state index is 0.733. The number of nitrogens with one attached hydrogen (secondary N) is 1. The molecule has 0 heterocycles. The monoisotopic (exact) mass is 247 g/mol. The van der Waals surface area contributed by atoms with E-state index in [1.807, 2.05) is 13.0 Å². The van der Waals surface area contributed by atoms with E-state index in [-0.39, 0.29) is 0 Å². The molecule has 2 unspecified atom stereocenters. The molecule has 1 aromatic rings. The van der Waals surface area contributed by atoms with Crippen molar-refractivity contribution in [2.75, 3.05) is 13.2 Å². The van der Waals surface area contributed by atoms with Crippen molar-refractivity contribution in [3.05, 3.63) is 29.8 Å². The van der Waals surface area contributed by atoms with Crippen LogP contribution in [-0.4, -0.2) is 13.2 Å². The van der Waals surface area contributed by atoms with Crippen LogP contribution in [0.25, 0.3) is 0 Å². The van der Waals surface area contributed by atoms with E-state index in [9.17, 15) is 0 Å². The quantitative estimate of drug-likeness (QED) is 0.829. The van der Waals surface area contributed by atoms with E-state index in [1.54, 1.807) is 0 Å². The van der Waals surface area contributed by atoms with Crippen LogP contribution in [0.3, 0.4) is 0 Å².